The van der Waals surface area contributed by atoms with Gasteiger partial charge in [0.2, 0.25) is 11.8 Å². The van der Waals surface area contributed by atoms with Crippen LogP contribution in [0.1, 0.15) is 95.1 Å². The first-order valence-corrected chi connectivity index (χ1v) is 21.6. The number of aryl methyl sites for hydroxylation is 1. The zero-order chi connectivity index (χ0) is 39.8. The Morgan fingerprint density at radius 2 is 1.71 bits per heavy atom. The molecule has 2 N–H and O–H groups in total. The maximum atomic E-state index is 13.4. The summed E-state index contributed by atoms with van der Waals surface area (Å²) < 4.78 is 6.31. The van der Waals surface area contributed by atoms with E-state index in [1.54, 1.807) is 11.0 Å². The minimum atomic E-state index is -0.620. The first-order valence-electron chi connectivity index (χ1n) is 21.6. The third kappa shape index (κ3) is 6.50. The summed E-state index contributed by atoms with van der Waals surface area (Å²) in [6.07, 6.45) is 11.5. The smallest absolute Gasteiger partial charge is 0.255 e. The normalized spacial score (nSPS) is 26.4. The number of aromatic nitrogens is 2. The number of benzene rings is 3. The summed E-state index contributed by atoms with van der Waals surface area (Å²) in [6.45, 7) is 7.00. The Morgan fingerprint density at radius 3 is 2.51 bits per heavy atom. The monoisotopic (exact) mass is 793 g/mol. The molecule has 3 aromatic carbocycles. The van der Waals surface area contributed by atoms with Gasteiger partial charge >= 0.3 is 0 Å². The molecule has 4 aromatic rings. The lowest BCUT2D eigenvalue weighted by atomic mass is 9.57. The summed E-state index contributed by atoms with van der Waals surface area (Å²) >= 11 is 0. The molecule has 1 saturated carbocycles. The van der Waals surface area contributed by atoms with E-state index in [2.05, 4.69) is 62.5 Å². The maximum absolute atomic E-state index is 13.4. The summed E-state index contributed by atoms with van der Waals surface area (Å²) in [5, 5.41) is 12.6. The number of hydrogen-bond donors (Lipinski definition) is 2. The third-order valence-electron chi connectivity index (χ3n) is 14.8. The molecule has 304 valence electrons. The molecule has 4 fully saturated rings. The van der Waals surface area contributed by atoms with E-state index >= 15 is 0 Å². The number of phenols is 1. The third-order valence-corrected chi connectivity index (χ3v) is 14.8. The van der Waals surface area contributed by atoms with Gasteiger partial charge in [-0.1, -0.05) is 36.4 Å². The van der Waals surface area contributed by atoms with E-state index in [-0.39, 0.29) is 36.1 Å². The number of nitrogens with zero attached hydrogens (tertiary/aromatic N) is 6. The van der Waals surface area contributed by atoms with E-state index < -0.39 is 6.04 Å². The average Bonchev–Trinajstić information content (AvgIpc) is 3.56. The molecule has 3 amide bonds. The van der Waals surface area contributed by atoms with Crippen LogP contribution in [0.3, 0.4) is 0 Å². The van der Waals surface area contributed by atoms with E-state index in [9.17, 15) is 19.5 Å². The van der Waals surface area contributed by atoms with Crippen molar-refractivity contribution in [2.45, 2.75) is 81.8 Å². The molecule has 12 heteroatoms. The van der Waals surface area contributed by atoms with Crippen molar-refractivity contribution in [1.82, 2.24) is 25.1 Å². The predicted molar refractivity (Wildman–Crippen MR) is 222 cm³/mol. The number of ether oxygens (including phenoxy) is 1. The fourth-order valence-corrected chi connectivity index (χ4v) is 11.8. The number of fused-ring (bicyclic) bond motifs is 5. The van der Waals surface area contributed by atoms with Crippen LogP contribution in [0.5, 0.6) is 11.5 Å². The summed E-state index contributed by atoms with van der Waals surface area (Å²) in [7, 11) is 0. The second-order valence-corrected chi connectivity index (χ2v) is 18.3. The van der Waals surface area contributed by atoms with E-state index in [0.29, 0.717) is 48.1 Å². The number of carbonyl (C=O) groups is 3. The van der Waals surface area contributed by atoms with Crippen LogP contribution in [-0.4, -0.2) is 101 Å². The molecule has 6 heterocycles. The zero-order valence-electron chi connectivity index (χ0n) is 33.4. The first kappa shape index (κ1) is 36.6. The van der Waals surface area contributed by atoms with Gasteiger partial charge < -0.3 is 24.5 Å². The van der Waals surface area contributed by atoms with Gasteiger partial charge in [0.15, 0.2) is 0 Å². The highest BCUT2D eigenvalue weighted by molar-refractivity contribution is 6.06. The minimum Gasteiger partial charge on any atom is -0.508 e. The van der Waals surface area contributed by atoms with Gasteiger partial charge in [0.05, 0.1) is 29.8 Å². The van der Waals surface area contributed by atoms with Crippen LogP contribution in [0.2, 0.25) is 0 Å². The Balaban J connectivity index is 0.687. The Bertz CT molecular complexity index is 2300. The van der Waals surface area contributed by atoms with Gasteiger partial charge in [0, 0.05) is 63.7 Å². The molecule has 59 heavy (non-hydrogen) atoms. The van der Waals surface area contributed by atoms with Crippen molar-refractivity contribution in [1.29, 1.82) is 0 Å². The number of aromatic hydroxyl groups is 1. The maximum Gasteiger partial charge on any atom is 0.255 e. The lowest BCUT2D eigenvalue weighted by Gasteiger charge is -2.54. The number of piperidine rings is 2. The number of hydrogen-bond acceptors (Lipinski definition) is 10. The zero-order valence-corrected chi connectivity index (χ0v) is 33.4. The van der Waals surface area contributed by atoms with Crippen molar-refractivity contribution in [2.75, 3.05) is 55.7 Å². The highest BCUT2D eigenvalue weighted by atomic mass is 16.5. The van der Waals surface area contributed by atoms with Crippen molar-refractivity contribution in [3.8, 4) is 11.5 Å². The van der Waals surface area contributed by atoms with Gasteiger partial charge in [-0.2, -0.15) is 0 Å². The molecular weight excluding hydrogens is 743 g/mol. The summed E-state index contributed by atoms with van der Waals surface area (Å²) in [4.78, 5) is 56.9. The van der Waals surface area contributed by atoms with E-state index in [4.69, 9.17) is 14.7 Å². The van der Waals surface area contributed by atoms with Crippen LogP contribution in [0.15, 0.2) is 73.1 Å². The molecule has 1 aromatic heterocycles. The average molecular weight is 794 g/mol. The van der Waals surface area contributed by atoms with Crippen molar-refractivity contribution in [3.05, 3.63) is 107 Å². The van der Waals surface area contributed by atoms with Crippen LogP contribution in [0, 0.1) is 11.3 Å². The molecule has 7 aliphatic rings. The van der Waals surface area contributed by atoms with Crippen LogP contribution in [-0.2, 0) is 22.6 Å². The Kier molecular flexibility index (Phi) is 8.90. The number of piperazine rings is 1. The number of carbonyl (C=O) groups excluding carboxylic acids is 3. The highest BCUT2D eigenvalue weighted by Gasteiger charge is 2.47. The molecule has 2 aliphatic carbocycles. The number of nitrogens with one attached hydrogen (secondary N) is 1. The molecule has 0 bridgehead atoms. The SMILES string of the molecule is O=C1CC[C@H](N2Cc3cc4c(cc3C2=O)OC[C@@H]2CN(CC3CC5(CCN(c6cnc(C7c8ccc(O)cc8CCC7c7ccccc7)cn6)CC5)C3)CCN42)C(=O)N1. The van der Waals surface area contributed by atoms with E-state index in [0.717, 1.165) is 80.6 Å². The number of amides is 3. The second kappa shape index (κ2) is 14.4. The van der Waals surface area contributed by atoms with Crippen LogP contribution in [0.4, 0.5) is 11.5 Å². The molecule has 5 aliphatic heterocycles. The topological polar surface area (TPSA) is 131 Å². The summed E-state index contributed by atoms with van der Waals surface area (Å²) in [5.74, 6) is 2.32. The predicted octanol–water partition coefficient (Wildman–Crippen LogP) is 5.38. The molecule has 0 radical (unpaired) electrons. The van der Waals surface area contributed by atoms with Crippen LogP contribution < -0.4 is 19.9 Å². The molecule has 1 spiro atoms. The molecular formula is C47H51N7O5. The number of anilines is 2. The molecule has 11 rings (SSSR count). The van der Waals surface area contributed by atoms with Gasteiger partial charge in [-0.25, -0.2) is 4.98 Å². The van der Waals surface area contributed by atoms with Crippen LogP contribution >= 0.6 is 0 Å². The van der Waals surface area contributed by atoms with Gasteiger partial charge in [-0.05, 0) is 109 Å². The van der Waals surface area contributed by atoms with E-state index in [1.807, 2.05) is 24.5 Å². The fourth-order valence-electron chi connectivity index (χ4n) is 11.8. The number of imide groups is 1. The quantitative estimate of drug-likeness (QED) is 0.246. The van der Waals surface area contributed by atoms with Crippen molar-refractivity contribution < 1.29 is 24.2 Å². The fraction of sp³-hybridized carbons (Fsp3) is 0.468. The van der Waals surface area contributed by atoms with Gasteiger partial charge in [0.1, 0.15) is 30.0 Å². The number of phenolic OH excluding ortho intramolecular Hbond substituents is 1. The van der Waals surface area contributed by atoms with Crippen molar-refractivity contribution in [3.63, 3.8) is 0 Å². The van der Waals surface area contributed by atoms with Crippen molar-refractivity contribution >= 4 is 29.2 Å². The van der Waals surface area contributed by atoms with Gasteiger partial charge in [-0.15, -0.1) is 0 Å². The lowest BCUT2D eigenvalue weighted by Crippen LogP contribution is -2.59. The highest BCUT2D eigenvalue weighted by Crippen LogP contribution is 2.53. The Hall–Kier alpha value is -5.49. The number of rotatable bonds is 6. The Labute approximate surface area is 344 Å². The largest absolute Gasteiger partial charge is 0.508 e. The molecule has 4 atom stereocenters. The van der Waals surface area contributed by atoms with Crippen LogP contribution in [0.25, 0.3) is 0 Å². The first-order chi connectivity index (χ1) is 28.8. The molecule has 3 saturated heterocycles. The lowest BCUT2D eigenvalue weighted by molar-refractivity contribution is -0.136. The van der Waals surface area contributed by atoms with E-state index in [1.165, 1.54) is 42.4 Å². The Morgan fingerprint density at radius 1 is 0.864 bits per heavy atom. The molecule has 12 nitrogen and oxygen atoms in total. The van der Waals surface area contributed by atoms with Crippen molar-refractivity contribution in [2.24, 2.45) is 11.3 Å². The van der Waals surface area contributed by atoms with Gasteiger partial charge in [0.25, 0.3) is 5.91 Å². The minimum absolute atomic E-state index is 0.0943. The standard InChI is InChI=1S/C47H51N7O5/c55-34-7-9-36-31(18-34)6-8-35(30-4-2-1-3-5-30)44(36)38-23-49-42(24-48-38)52-14-12-47(13-15-52)21-29(22-47)25-51-16-17-53-33(27-51)28-59-41-20-37-32(19-40(41)53)26-54(46(37)58)39-10-11-43(56)50-45(39)57/h1-5,7,9,18-20,23-24,29,33,35,39,44,55H,6,8,10-17,21-22,25-28H2,(H,50,56,57)/t33-,35?,39-,44?/m0/s1. The summed E-state index contributed by atoms with van der Waals surface area (Å²) in [6, 6.07) is 20.2. The summed E-state index contributed by atoms with van der Waals surface area (Å²) in [5.41, 5.74) is 7.76. The van der Waals surface area contributed by atoms with Gasteiger partial charge in [-0.3, -0.25) is 29.6 Å². The second-order valence-electron chi connectivity index (χ2n) is 18.3. The molecule has 2 unspecified atom stereocenters.